The lowest BCUT2D eigenvalue weighted by atomic mass is 10.3. The van der Waals surface area contributed by atoms with E-state index in [1.807, 2.05) is 24.3 Å². The number of aromatic hydroxyl groups is 1. The Bertz CT molecular complexity index is 711. The van der Waals surface area contributed by atoms with Crippen LogP contribution in [0, 0.1) is 0 Å². The van der Waals surface area contributed by atoms with E-state index in [4.69, 9.17) is 0 Å². The zero-order valence-electron chi connectivity index (χ0n) is 9.05. The van der Waals surface area contributed by atoms with Crippen LogP contribution in [-0.4, -0.2) is 25.0 Å². The van der Waals surface area contributed by atoms with Crippen LogP contribution in [0.3, 0.4) is 0 Å². The highest BCUT2D eigenvalue weighted by Gasteiger charge is 2.09. The van der Waals surface area contributed by atoms with Crippen LogP contribution in [0.5, 0.6) is 5.88 Å². The van der Waals surface area contributed by atoms with Crippen LogP contribution in [0.15, 0.2) is 35.1 Å². The fourth-order valence-corrected chi connectivity index (χ4v) is 1.94. The largest absolute Gasteiger partial charge is 0.492 e. The topological polar surface area (TPSA) is 86.7 Å². The number of hydrogen-bond acceptors (Lipinski definition) is 5. The zero-order chi connectivity index (χ0) is 12.5. The second-order valence-corrected chi connectivity index (χ2v) is 4.43. The number of fused-ring (bicyclic) bond motifs is 1. The van der Waals surface area contributed by atoms with Crippen LogP contribution < -0.4 is 5.32 Å². The molecule has 0 amide bonds. The third-order valence-electron chi connectivity index (χ3n) is 2.39. The zero-order valence-corrected chi connectivity index (χ0v) is 10.6. The van der Waals surface area contributed by atoms with Crippen molar-refractivity contribution in [3.8, 4) is 5.88 Å². The van der Waals surface area contributed by atoms with Gasteiger partial charge in [0.25, 0.3) is 0 Å². The van der Waals surface area contributed by atoms with Crippen LogP contribution in [-0.2, 0) is 0 Å². The molecule has 2 aromatic heterocycles. The quantitative estimate of drug-likeness (QED) is 0.677. The standard InChI is InChI=1S/C11H8BrN5O/c12-6-3-1-2-4-7(6)15-11-16-9-8(10(18)17-11)13-5-14-9/h1-5H,(H3,13,14,15,16,17,18). The van der Waals surface area contributed by atoms with Crippen molar-refractivity contribution in [2.24, 2.45) is 0 Å². The van der Waals surface area contributed by atoms with Gasteiger partial charge in [-0.15, -0.1) is 0 Å². The molecule has 6 nitrogen and oxygen atoms in total. The molecule has 0 unspecified atom stereocenters. The van der Waals surface area contributed by atoms with Crippen molar-refractivity contribution in [1.29, 1.82) is 0 Å². The minimum absolute atomic E-state index is 0.132. The lowest BCUT2D eigenvalue weighted by Crippen LogP contribution is -1.98. The molecule has 18 heavy (non-hydrogen) atoms. The van der Waals surface area contributed by atoms with Gasteiger partial charge in [0.2, 0.25) is 11.8 Å². The average Bonchev–Trinajstić information content (AvgIpc) is 2.81. The van der Waals surface area contributed by atoms with Crippen LogP contribution in [0.1, 0.15) is 0 Å². The Labute approximate surface area is 110 Å². The minimum atomic E-state index is -0.132. The molecule has 3 aromatic rings. The summed E-state index contributed by atoms with van der Waals surface area (Å²) in [6, 6.07) is 7.57. The Morgan fingerprint density at radius 1 is 1.22 bits per heavy atom. The first-order valence-corrected chi connectivity index (χ1v) is 5.95. The Morgan fingerprint density at radius 3 is 2.89 bits per heavy atom. The van der Waals surface area contributed by atoms with E-state index in [-0.39, 0.29) is 5.88 Å². The third-order valence-corrected chi connectivity index (χ3v) is 3.08. The summed E-state index contributed by atoms with van der Waals surface area (Å²) in [7, 11) is 0. The van der Waals surface area contributed by atoms with E-state index in [2.05, 4.69) is 41.2 Å². The fourth-order valence-electron chi connectivity index (χ4n) is 1.56. The average molecular weight is 306 g/mol. The van der Waals surface area contributed by atoms with Crippen LogP contribution >= 0.6 is 15.9 Å². The summed E-state index contributed by atoms with van der Waals surface area (Å²) >= 11 is 3.41. The number of nitrogens with zero attached hydrogens (tertiary/aromatic N) is 3. The number of aromatic nitrogens is 4. The van der Waals surface area contributed by atoms with E-state index in [1.54, 1.807) is 0 Å². The van der Waals surface area contributed by atoms with Crippen molar-refractivity contribution < 1.29 is 5.11 Å². The van der Waals surface area contributed by atoms with Gasteiger partial charge in [0.15, 0.2) is 5.65 Å². The highest BCUT2D eigenvalue weighted by molar-refractivity contribution is 9.10. The number of hydrogen-bond donors (Lipinski definition) is 3. The van der Waals surface area contributed by atoms with Gasteiger partial charge in [0, 0.05) is 4.47 Å². The van der Waals surface area contributed by atoms with Gasteiger partial charge in [0.05, 0.1) is 12.0 Å². The second-order valence-electron chi connectivity index (χ2n) is 3.58. The summed E-state index contributed by atoms with van der Waals surface area (Å²) in [5.41, 5.74) is 1.65. The molecule has 0 bridgehead atoms. The SMILES string of the molecule is Oc1nc(Nc2ccccc2Br)nc2nc[nH]c12. The van der Waals surface area contributed by atoms with Crippen molar-refractivity contribution in [2.75, 3.05) is 5.32 Å². The molecule has 0 spiro atoms. The predicted octanol–water partition coefficient (Wildman–Crippen LogP) is 2.56. The Morgan fingerprint density at radius 2 is 2.06 bits per heavy atom. The minimum Gasteiger partial charge on any atom is -0.492 e. The van der Waals surface area contributed by atoms with Gasteiger partial charge in [0.1, 0.15) is 5.52 Å². The number of rotatable bonds is 2. The molecule has 2 heterocycles. The molecule has 1 aromatic carbocycles. The maximum Gasteiger partial charge on any atom is 0.242 e. The number of nitrogens with one attached hydrogen (secondary N) is 2. The number of benzene rings is 1. The highest BCUT2D eigenvalue weighted by atomic mass is 79.9. The van der Waals surface area contributed by atoms with E-state index in [9.17, 15) is 5.11 Å². The van der Waals surface area contributed by atoms with Crippen molar-refractivity contribution in [1.82, 2.24) is 19.9 Å². The molecule has 3 rings (SSSR count). The van der Waals surface area contributed by atoms with Crippen LogP contribution in [0.2, 0.25) is 0 Å². The number of anilines is 2. The summed E-state index contributed by atoms with van der Waals surface area (Å²) in [6.07, 6.45) is 1.46. The number of aromatic amines is 1. The van der Waals surface area contributed by atoms with E-state index >= 15 is 0 Å². The molecule has 0 saturated carbocycles. The van der Waals surface area contributed by atoms with Gasteiger partial charge in [-0.25, -0.2) is 4.98 Å². The van der Waals surface area contributed by atoms with Crippen molar-refractivity contribution in [3.05, 3.63) is 35.1 Å². The van der Waals surface area contributed by atoms with E-state index in [0.29, 0.717) is 17.1 Å². The molecule has 3 N–H and O–H groups in total. The molecule has 0 aliphatic heterocycles. The number of halogens is 1. The molecule has 0 saturated heterocycles. The fraction of sp³-hybridized carbons (Fsp3) is 0. The van der Waals surface area contributed by atoms with Gasteiger partial charge >= 0.3 is 0 Å². The molecule has 0 atom stereocenters. The summed E-state index contributed by atoms with van der Waals surface area (Å²) in [5, 5.41) is 12.7. The van der Waals surface area contributed by atoms with Gasteiger partial charge in [-0.3, -0.25) is 0 Å². The summed E-state index contributed by atoms with van der Waals surface area (Å²) < 4.78 is 0.884. The third kappa shape index (κ3) is 1.88. The summed E-state index contributed by atoms with van der Waals surface area (Å²) in [6.45, 7) is 0. The van der Waals surface area contributed by atoms with Gasteiger partial charge in [-0.05, 0) is 28.1 Å². The Kier molecular flexibility index (Phi) is 2.60. The van der Waals surface area contributed by atoms with Crippen molar-refractivity contribution in [3.63, 3.8) is 0 Å². The lowest BCUT2D eigenvalue weighted by molar-refractivity contribution is 0.459. The van der Waals surface area contributed by atoms with Crippen LogP contribution in [0.25, 0.3) is 11.2 Å². The summed E-state index contributed by atoms with van der Waals surface area (Å²) in [5.74, 6) is 0.158. The second kappa shape index (κ2) is 4.26. The van der Waals surface area contributed by atoms with E-state index in [0.717, 1.165) is 10.2 Å². The Balaban J connectivity index is 2.02. The molecular formula is C11H8BrN5O. The molecule has 0 radical (unpaired) electrons. The first-order valence-electron chi connectivity index (χ1n) is 5.15. The summed E-state index contributed by atoms with van der Waals surface area (Å²) in [4.78, 5) is 14.9. The maximum atomic E-state index is 9.71. The van der Waals surface area contributed by atoms with Crippen LogP contribution in [0.4, 0.5) is 11.6 Å². The monoisotopic (exact) mass is 305 g/mol. The molecular weight excluding hydrogens is 298 g/mol. The van der Waals surface area contributed by atoms with Gasteiger partial charge in [-0.2, -0.15) is 9.97 Å². The van der Waals surface area contributed by atoms with Crippen molar-refractivity contribution in [2.45, 2.75) is 0 Å². The normalized spacial score (nSPS) is 10.7. The van der Waals surface area contributed by atoms with E-state index < -0.39 is 0 Å². The van der Waals surface area contributed by atoms with Gasteiger partial charge < -0.3 is 15.4 Å². The van der Waals surface area contributed by atoms with E-state index in [1.165, 1.54) is 6.33 Å². The Hall–Kier alpha value is -2.15. The molecule has 7 heteroatoms. The molecule has 0 fully saturated rings. The maximum absolute atomic E-state index is 9.71. The number of para-hydroxylation sites is 1. The lowest BCUT2D eigenvalue weighted by Gasteiger charge is -2.06. The number of H-pyrrole nitrogens is 1. The first kappa shape index (κ1) is 11.0. The first-order chi connectivity index (χ1) is 8.74. The smallest absolute Gasteiger partial charge is 0.242 e. The molecule has 0 aliphatic carbocycles. The molecule has 0 aliphatic rings. The van der Waals surface area contributed by atoms with Crippen molar-refractivity contribution >= 4 is 38.7 Å². The molecule has 90 valence electrons. The number of imidazole rings is 1. The highest BCUT2D eigenvalue weighted by Crippen LogP contribution is 2.26. The predicted molar refractivity (Wildman–Crippen MR) is 70.8 cm³/mol. The van der Waals surface area contributed by atoms with Gasteiger partial charge in [-0.1, -0.05) is 12.1 Å².